The second-order valence-electron chi connectivity index (χ2n) is 2.54. The van der Waals surface area contributed by atoms with Crippen LogP contribution in [0, 0.1) is 5.92 Å². The summed E-state index contributed by atoms with van der Waals surface area (Å²) in [6.07, 6.45) is -0.00556. The summed E-state index contributed by atoms with van der Waals surface area (Å²) in [6, 6.07) is 0. The van der Waals surface area contributed by atoms with Crippen LogP contribution >= 0.6 is 15.9 Å². The van der Waals surface area contributed by atoms with Gasteiger partial charge in [-0.05, 0) is 13.8 Å². The van der Waals surface area contributed by atoms with Crippen LogP contribution in [0.15, 0.2) is 0 Å². The average Bonchev–Trinajstić information content (AvgIpc) is 1.85. The highest BCUT2D eigenvalue weighted by atomic mass is 79.9. The molecule has 0 aliphatic rings. The SMILES string of the molecule is CC(C)OC(=O)[C@@H](C)CBr. The van der Waals surface area contributed by atoms with Gasteiger partial charge < -0.3 is 4.74 Å². The lowest BCUT2D eigenvalue weighted by atomic mass is 10.2. The maximum absolute atomic E-state index is 10.9. The molecule has 0 aliphatic carbocycles. The molecule has 0 bridgehead atoms. The standard InChI is InChI=1S/C7H13BrO2/c1-5(2)10-7(9)6(3)4-8/h5-6H,4H2,1-3H3/t6-/m0/s1. The number of esters is 1. The van der Waals surface area contributed by atoms with Gasteiger partial charge >= 0.3 is 5.97 Å². The molecule has 1 atom stereocenters. The van der Waals surface area contributed by atoms with Crippen LogP contribution in [0.3, 0.4) is 0 Å². The van der Waals surface area contributed by atoms with Crippen LogP contribution in [0.25, 0.3) is 0 Å². The fourth-order valence-corrected chi connectivity index (χ4v) is 0.676. The van der Waals surface area contributed by atoms with Gasteiger partial charge in [0.1, 0.15) is 0 Å². The molecule has 0 heterocycles. The molecule has 2 nitrogen and oxygen atoms in total. The van der Waals surface area contributed by atoms with Gasteiger partial charge in [0.25, 0.3) is 0 Å². The normalized spacial score (nSPS) is 13.3. The Bertz CT molecular complexity index is 112. The molecule has 60 valence electrons. The number of halogens is 1. The third-order valence-electron chi connectivity index (χ3n) is 0.986. The minimum atomic E-state index is -0.133. The summed E-state index contributed by atoms with van der Waals surface area (Å²) in [4.78, 5) is 10.9. The van der Waals surface area contributed by atoms with E-state index in [4.69, 9.17) is 4.74 Å². The number of carbonyl (C=O) groups is 1. The van der Waals surface area contributed by atoms with E-state index in [2.05, 4.69) is 15.9 Å². The first kappa shape index (κ1) is 9.95. The summed E-state index contributed by atoms with van der Waals surface area (Å²) in [5, 5.41) is 0.665. The van der Waals surface area contributed by atoms with Crippen molar-refractivity contribution in [3.8, 4) is 0 Å². The molecule has 0 saturated heterocycles. The van der Waals surface area contributed by atoms with E-state index in [0.717, 1.165) is 0 Å². The van der Waals surface area contributed by atoms with E-state index in [1.165, 1.54) is 0 Å². The van der Waals surface area contributed by atoms with Crippen molar-refractivity contribution in [2.45, 2.75) is 26.9 Å². The zero-order valence-electron chi connectivity index (χ0n) is 6.56. The van der Waals surface area contributed by atoms with Crippen LogP contribution in [0.2, 0.25) is 0 Å². The summed E-state index contributed by atoms with van der Waals surface area (Å²) in [6.45, 7) is 5.52. The number of ether oxygens (including phenoxy) is 1. The van der Waals surface area contributed by atoms with Gasteiger partial charge in [-0.25, -0.2) is 0 Å². The average molecular weight is 209 g/mol. The molecular weight excluding hydrogens is 196 g/mol. The highest BCUT2D eigenvalue weighted by Gasteiger charge is 2.13. The van der Waals surface area contributed by atoms with Gasteiger partial charge in [-0.2, -0.15) is 0 Å². The maximum atomic E-state index is 10.9. The molecule has 0 aromatic carbocycles. The molecular formula is C7H13BrO2. The van der Waals surface area contributed by atoms with E-state index < -0.39 is 0 Å². The van der Waals surface area contributed by atoms with Gasteiger partial charge in [-0.15, -0.1) is 0 Å². The number of alkyl halides is 1. The van der Waals surface area contributed by atoms with Gasteiger partial charge in [0.15, 0.2) is 0 Å². The lowest BCUT2D eigenvalue weighted by molar-refractivity contribution is -0.150. The van der Waals surface area contributed by atoms with Crippen molar-refractivity contribution in [2.24, 2.45) is 5.92 Å². The van der Waals surface area contributed by atoms with Crippen molar-refractivity contribution in [1.29, 1.82) is 0 Å². The van der Waals surface area contributed by atoms with Crippen molar-refractivity contribution >= 4 is 21.9 Å². The third-order valence-corrected chi connectivity index (χ3v) is 1.96. The minimum Gasteiger partial charge on any atom is -0.463 e. The summed E-state index contributed by atoms with van der Waals surface area (Å²) in [7, 11) is 0. The quantitative estimate of drug-likeness (QED) is 0.524. The summed E-state index contributed by atoms with van der Waals surface area (Å²) in [5.41, 5.74) is 0. The zero-order chi connectivity index (χ0) is 8.15. The molecule has 10 heavy (non-hydrogen) atoms. The van der Waals surface area contributed by atoms with Gasteiger partial charge in [0, 0.05) is 5.33 Å². The maximum Gasteiger partial charge on any atom is 0.309 e. The highest BCUT2D eigenvalue weighted by Crippen LogP contribution is 2.04. The van der Waals surface area contributed by atoms with Crippen molar-refractivity contribution in [1.82, 2.24) is 0 Å². The predicted octanol–water partition coefficient (Wildman–Crippen LogP) is 1.97. The lowest BCUT2D eigenvalue weighted by Crippen LogP contribution is -2.19. The largest absolute Gasteiger partial charge is 0.463 e. The first-order valence-corrected chi connectivity index (χ1v) is 4.46. The van der Waals surface area contributed by atoms with Crippen molar-refractivity contribution in [2.75, 3.05) is 5.33 Å². The lowest BCUT2D eigenvalue weighted by Gasteiger charge is -2.10. The fourth-order valence-electron chi connectivity index (χ4n) is 0.411. The summed E-state index contributed by atoms with van der Waals surface area (Å²) < 4.78 is 4.93. The first-order chi connectivity index (χ1) is 4.57. The summed E-state index contributed by atoms with van der Waals surface area (Å²) >= 11 is 3.20. The fraction of sp³-hybridized carbons (Fsp3) is 0.857. The van der Waals surface area contributed by atoms with E-state index in [-0.39, 0.29) is 18.0 Å². The molecule has 0 aliphatic heterocycles. The Morgan fingerprint density at radius 2 is 2.00 bits per heavy atom. The Morgan fingerprint density at radius 1 is 1.50 bits per heavy atom. The van der Waals surface area contributed by atoms with Crippen LogP contribution in [0.1, 0.15) is 20.8 Å². The monoisotopic (exact) mass is 208 g/mol. The Hall–Kier alpha value is -0.0500. The first-order valence-electron chi connectivity index (χ1n) is 3.34. The Balaban J connectivity index is 3.62. The van der Waals surface area contributed by atoms with Crippen LogP contribution in [-0.4, -0.2) is 17.4 Å². The van der Waals surface area contributed by atoms with E-state index in [1.54, 1.807) is 0 Å². The van der Waals surface area contributed by atoms with Gasteiger partial charge in [-0.3, -0.25) is 4.79 Å². The summed E-state index contributed by atoms with van der Waals surface area (Å²) in [5.74, 6) is -0.172. The molecule has 0 N–H and O–H groups in total. The predicted molar refractivity (Wildman–Crippen MR) is 44.2 cm³/mol. The van der Waals surface area contributed by atoms with Gasteiger partial charge in [0.2, 0.25) is 0 Å². The molecule has 0 rings (SSSR count). The van der Waals surface area contributed by atoms with Gasteiger partial charge in [0.05, 0.1) is 12.0 Å². The Morgan fingerprint density at radius 3 is 2.30 bits per heavy atom. The molecule has 0 spiro atoms. The van der Waals surface area contributed by atoms with Crippen molar-refractivity contribution < 1.29 is 9.53 Å². The van der Waals surface area contributed by atoms with E-state index >= 15 is 0 Å². The Kier molecular flexibility index (Phi) is 4.69. The minimum absolute atomic E-state index is 0.00556. The molecule has 0 unspecified atom stereocenters. The number of rotatable bonds is 3. The topological polar surface area (TPSA) is 26.3 Å². The zero-order valence-corrected chi connectivity index (χ0v) is 8.14. The van der Waals surface area contributed by atoms with Crippen LogP contribution in [0.5, 0.6) is 0 Å². The molecule has 0 aromatic rings. The molecule has 0 amide bonds. The number of carbonyl (C=O) groups excluding carboxylic acids is 1. The van der Waals surface area contributed by atoms with Crippen LogP contribution in [0.4, 0.5) is 0 Å². The van der Waals surface area contributed by atoms with Gasteiger partial charge in [-0.1, -0.05) is 22.9 Å². The van der Waals surface area contributed by atoms with Crippen LogP contribution in [-0.2, 0) is 9.53 Å². The molecule has 3 heteroatoms. The Labute approximate surface area is 70.1 Å². The second kappa shape index (κ2) is 4.72. The smallest absolute Gasteiger partial charge is 0.309 e. The third kappa shape index (κ3) is 3.88. The molecule has 0 fully saturated rings. The molecule has 0 radical (unpaired) electrons. The molecule has 0 saturated carbocycles. The van der Waals surface area contributed by atoms with E-state index in [1.807, 2.05) is 20.8 Å². The van der Waals surface area contributed by atoms with Crippen molar-refractivity contribution in [3.63, 3.8) is 0 Å². The van der Waals surface area contributed by atoms with E-state index in [0.29, 0.717) is 5.33 Å². The second-order valence-corrected chi connectivity index (χ2v) is 3.19. The van der Waals surface area contributed by atoms with Crippen molar-refractivity contribution in [3.05, 3.63) is 0 Å². The van der Waals surface area contributed by atoms with Crippen LogP contribution < -0.4 is 0 Å². The molecule has 0 aromatic heterocycles. The highest BCUT2D eigenvalue weighted by molar-refractivity contribution is 9.09. The number of hydrogen-bond donors (Lipinski definition) is 0. The number of hydrogen-bond acceptors (Lipinski definition) is 2. The van der Waals surface area contributed by atoms with E-state index in [9.17, 15) is 4.79 Å².